The van der Waals surface area contributed by atoms with Crippen LogP contribution in [0.5, 0.6) is 0 Å². The van der Waals surface area contributed by atoms with Crippen LogP contribution in [0.25, 0.3) is 0 Å². The van der Waals surface area contributed by atoms with Crippen LogP contribution in [0.15, 0.2) is 42.5 Å². The van der Waals surface area contributed by atoms with Crippen molar-refractivity contribution in [3.8, 4) is 6.07 Å². The third kappa shape index (κ3) is 6.43. The largest absolute Gasteiger partial charge is 0.416 e. The van der Waals surface area contributed by atoms with Crippen LogP contribution in [0.3, 0.4) is 0 Å². The van der Waals surface area contributed by atoms with Gasteiger partial charge in [-0.1, -0.05) is 27.7 Å². The lowest BCUT2D eigenvalue weighted by Gasteiger charge is -2.10. The van der Waals surface area contributed by atoms with E-state index < -0.39 is 16.7 Å². The van der Waals surface area contributed by atoms with Crippen molar-refractivity contribution in [1.29, 1.82) is 5.26 Å². The van der Waals surface area contributed by atoms with Gasteiger partial charge in [0.1, 0.15) is 6.07 Å². The molecule has 0 aromatic heterocycles. The zero-order valence-corrected chi connectivity index (χ0v) is 14.9. The van der Waals surface area contributed by atoms with Gasteiger partial charge in [-0.15, -0.1) is 0 Å². The predicted octanol–water partition coefficient (Wildman–Crippen LogP) is 6.28. The van der Waals surface area contributed by atoms with E-state index in [0.29, 0.717) is 5.69 Å². The molecule has 5 nitrogen and oxygen atoms in total. The second kappa shape index (κ2) is 10.7. The van der Waals surface area contributed by atoms with Gasteiger partial charge in [-0.25, -0.2) is 0 Å². The van der Waals surface area contributed by atoms with Gasteiger partial charge in [-0.05, 0) is 30.3 Å². The van der Waals surface area contributed by atoms with Crippen molar-refractivity contribution in [3.05, 3.63) is 63.7 Å². The molecule has 140 valence electrons. The zero-order valence-electron chi connectivity index (χ0n) is 14.9. The minimum absolute atomic E-state index is 0.0223. The van der Waals surface area contributed by atoms with E-state index in [0.717, 1.165) is 18.2 Å². The van der Waals surface area contributed by atoms with E-state index in [-0.39, 0.29) is 16.9 Å². The maximum Gasteiger partial charge on any atom is 0.416 e. The van der Waals surface area contributed by atoms with Gasteiger partial charge in [-0.3, -0.25) is 10.1 Å². The van der Waals surface area contributed by atoms with Gasteiger partial charge in [-0.2, -0.15) is 18.4 Å². The highest BCUT2D eigenvalue weighted by molar-refractivity contribution is 5.68. The topological polar surface area (TPSA) is 79.0 Å². The molecule has 0 aliphatic heterocycles. The minimum atomic E-state index is -4.43. The van der Waals surface area contributed by atoms with Crippen LogP contribution in [0, 0.1) is 21.4 Å². The average Bonchev–Trinajstić information content (AvgIpc) is 2.65. The minimum Gasteiger partial charge on any atom is -0.354 e. The number of nitrogens with zero attached hydrogens (tertiary/aromatic N) is 2. The van der Waals surface area contributed by atoms with Crippen LogP contribution in [0.1, 0.15) is 38.8 Å². The summed E-state index contributed by atoms with van der Waals surface area (Å²) in [4.78, 5) is 10.0. The number of nitro groups is 1. The summed E-state index contributed by atoms with van der Waals surface area (Å²) in [5.74, 6) is 0. The molecule has 0 radical (unpaired) electrons. The first-order chi connectivity index (χ1) is 12.3. The number of anilines is 2. The quantitative estimate of drug-likeness (QED) is 0.511. The number of halogens is 3. The molecule has 0 saturated carbocycles. The highest BCUT2D eigenvalue weighted by Gasteiger charge is 2.29. The first kappa shape index (κ1) is 22.9. The summed E-state index contributed by atoms with van der Waals surface area (Å²) in [6.45, 7) is 8.00. The molecular formula is C18H20F3N3O2. The highest BCUT2D eigenvalue weighted by Crippen LogP contribution is 2.31. The Morgan fingerprint density at radius 3 is 2.00 bits per heavy atom. The number of rotatable bonds is 3. The summed E-state index contributed by atoms with van der Waals surface area (Å²) in [5, 5.41) is 22.4. The van der Waals surface area contributed by atoms with Gasteiger partial charge in [0.05, 0.1) is 21.7 Å². The van der Waals surface area contributed by atoms with Crippen molar-refractivity contribution in [2.75, 3.05) is 5.32 Å². The Morgan fingerprint density at radius 1 is 1.04 bits per heavy atom. The fourth-order valence-corrected chi connectivity index (χ4v) is 1.75. The fourth-order valence-electron chi connectivity index (χ4n) is 1.75. The Kier molecular flexibility index (Phi) is 9.45. The van der Waals surface area contributed by atoms with E-state index in [2.05, 4.69) is 5.32 Å². The molecule has 0 saturated heterocycles. The van der Waals surface area contributed by atoms with Crippen LogP contribution in [-0.4, -0.2) is 4.92 Å². The summed E-state index contributed by atoms with van der Waals surface area (Å²) in [5.41, 5.74) is -0.405. The van der Waals surface area contributed by atoms with Crippen LogP contribution < -0.4 is 5.32 Å². The molecule has 2 aromatic carbocycles. The molecule has 0 atom stereocenters. The summed E-state index contributed by atoms with van der Waals surface area (Å²) in [7, 11) is 0. The number of nitro benzene ring substituents is 1. The van der Waals surface area contributed by atoms with Crippen LogP contribution in [0.4, 0.5) is 30.2 Å². The van der Waals surface area contributed by atoms with Gasteiger partial charge in [0.2, 0.25) is 0 Å². The summed E-state index contributed by atoms with van der Waals surface area (Å²) < 4.78 is 37.4. The van der Waals surface area contributed by atoms with Crippen LogP contribution in [-0.2, 0) is 6.18 Å². The van der Waals surface area contributed by atoms with Crippen molar-refractivity contribution in [2.45, 2.75) is 33.9 Å². The van der Waals surface area contributed by atoms with Crippen molar-refractivity contribution < 1.29 is 18.1 Å². The van der Waals surface area contributed by atoms with Crippen LogP contribution >= 0.6 is 0 Å². The van der Waals surface area contributed by atoms with E-state index in [1.165, 1.54) is 24.3 Å². The first-order valence-corrected chi connectivity index (χ1v) is 7.94. The van der Waals surface area contributed by atoms with E-state index >= 15 is 0 Å². The van der Waals surface area contributed by atoms with Gasteiger partial charge in [0.25, 0.3) is 5.69 Å². The number of hydrogen-bond acceptors (Lipinski definition) is 4. The number of nitriles is 1. The second-order valence-electron chi connectivity index (χ2n) is 4.30. The van der Waals surface area contributed by atoms with Crippen molar-refractivity contribution in [1.82, 2.24) is 0 Å². The Balaban J connectivity index is 0.00000146. The van der Waals surface area contributed by atoms with Crippen LogP contribution in [0.2, 0.25) is 0 Å². The summed E-state index contributed by atoms with van der Waals surface area (Å²) in [6.07, 6.45) is -4.43. The molecule has 2 aromatic rings. The third-order valence-corrected chi connectivity index (χ3v) is 2.83. The number of hydrogen-bond donors (Lipinski definition) is 1. The molecule has 26 heavy (non-hydrogen) atoms. The Bertz CT molecular complexity index is 752. The molecule has 0 unspecified atom stereocenters. The molecule has 0 aliphatic rings. The third-order valence-electron chi connectivity index (χ3n) is 2.83. The predicted molar refractivity (Wildman–Crippen MR) is 95.2 cm³/mol. The number of alkyl halides is 3. The molecule has 0 heterocycles. The average molecular weight is 367 g/mol. The summed E-state index contributed by atoms with van der Waals surface area (Å²) in [6, 6.07) is 9.65. The molecule has 0 bridgehead atoms. The maximum atomic E-state index is 12.5. The van der Waals surface area contributed by atoms with Gasteiger partial charge in [0, 0.05) is 17.8 Å². The Morgan fingerprint density at radius 2 is 1.58 bits per heavy atom. The lowest BCUT2D eigenvalue weighted by Crippen LogP contribution is -2.04. The molecule has 0 aliphatic carbocycles. The van der Waals surface area contributed by atoms with E-state index in [1.54, 1.807) is 6.07 Å². The second-order valence-corrected chi connectivity index (χ2v) is 4.30. The first-order valence-electron chi connectivity index (χ1n) is 7.94. The molecule has 2 rings (SSSR count). The molecule has 1 N–H and O–H groups in total. The number of benzene rings is 2. The van der Waals surface area contributed by atoms with E-state index in [1.807, 2.05) is 27.7 Å². The molecular weight excluding hydrogens is 347 g/mol. The molecule has 0 amide bonds. The SMILES string of the molecule is CC.CC.N#Cc1cc([N+](=O)[O-])ccc1Nc1ccc(C(F)(F)F)cc1. The maximum absolute atomic E-state index is 12.5. The lowest BCUT2D eigenvalue weighted by atomic mass is 10.1. The van der Waals surface area contributed by atoms with Gasteiger partial charge < -0.3 is 5.32 Å². The van der Waals surface area contributed by atoms with Crippen molar-refractivity contribution in [3.63, 3.8) is 0 Å². The normalized spacial score (nSPS) is 9.62. The smallest absolute Gasteiger partial charge is 0.354 e. The van der Waals surface area contributed by atoms with E-state index in [4.69, 9.17) is 5.26 Å². The molecule has 8 heteroatoms. The number of non-ortho nitro benzene ring substituents is 1. The van der Waals surface area contributed by atoms with Gasteiger partial charge >= 0.3 is 6.18 Å². The van der Waals surface area contributed by atoms with E-state index in [9.17, 15) is 23.3 Å². The standard InChI is InChI=1S/C14H8F3N3O2.2C2H6/c15-14(16,17)10-1-3-11(4-2-10)19-13-6-5-12(20(21)22)7-9(13)8-18;2*1-2/h1-7,19H;2*1-2H3. The monoisotopic (exact) mass is 367 g/mol. The fraction of sp³-hybridized carbons (Fsp3) is 0.278. The Hall–Kier alpha value is -3.08. The zero-order chi connectivity index (χ0) is 20.3. The van der Waals surface area contributed by atoms with Gasteiger partial charge in [0.15, 0.2) is 0 Å². The molecule has 0 spiro atoms. The lowest BCUT2D eigenvalue weighted by molar-refractivity contribution is -0.384. The highest BCUT2D eigenvalue weighted by atomic mass is 19.4. The van der Waals surface area contributed by atoms with Crippen molar-refractivity contribution in [2.24, 2.45) is 0 Å². The molecule has 0 fully saturated rings. The number of nitrogens with one attached hydrogen (secondary N) is 1. The summed E-state index contributed by atoms with van der Waals surface area (Å²) >= 11 is 0. The Labute approximate surface area is 150 Å². The van der Waals surface area contributed by atoms with Crippen molar-refractivity contribution >= 4 is 17.1 Å².